The van der Waals surface area contributed by atoms with E-state index in [9.17, 15) is 17.9 Å². The molecule has 1 aliphatic rings. The van der Waals surface area contributed by atoms with Crippen LogP contribution in [0.15, 0.2) is 23.1 Å². The summed E-state index contributed by atoms with van der Waals surface area (Å²) in [6.45, 7) is 1.81. The van der Waals surface area contributed by atoms with Gasteiger partial charge in [0.2, 0.25) is 10.0 Å². The molecule has 2 rings (SSSR count). The van der Waals surface area contributed by atoms with Crippen molar-refractivity contribution in [2.75, 3.05) is 13.2 Å². The fourth-order valence-corrected chi connectivity index (χ4v) is 4.21. The lowest BCUT2D eigenvalue weighted by molar-refractivity contribution is 0.213. The Bertz CT molecular complexity index is 544. The molecule has 1 unspecified atom stereocenters. The summed E-state index contributed by atoms with van der Waals surface area (Å²) < 4.78 is 39.3. The molecule has 1 aliphatic heterocycles. The number of aryl methyl sites for hydroxylation is 1. The highest BCUT2D eigenvalue weighted by molar-refractivity contribution is 7.89. The molecule has 0 saturated carbocycles. The lowest BCUT2D eigenvalue weighted by Gasteiger charge is -2.23. The van der Waals surface area contributed by atoms with Crippen LogP contribution < -0.4 is 0 Å². The van der Waals surface area contributed by atoms with Gasteiger partial charge in [0.1, 0.15) is 5.82 Å². The summed E-state index contributed by atoms with van der Waals surface area (Å²) in [5.74, 6) is -0.570. The molecule has 0 amide bonds. The Morgan fingerprint density at radius 3 is 2.89 bits per heavy atom. The third-order valence-electron chi connectivity index (χ3n) is 3.27. The van der Waals surface area contributed by atoms with Gasteiger partial charge in [-0.2, -0.15) is 4.31 Å². The van der Waals surface area contributed by atoms with Gasteiger partial charge in [0, 0.05) is 12.6 Å². The van der Waals surface area contributed by atoms with Crippen LogP contribution in [-0.4, -0.2) is 37.0 Å². The third-order valence-corrected chi connectivity index (χ3v) is 5.36. The number of aliphatic hydroxyl groups is 1. The van der Waals surface area contributed by atoms with Gasteiger partial charge < -0.3 is 5.11 Å². The summed E-state index contributed by atoms with van der Waals surface area (Å²) in [5, 5.41) is 9.19. The molecule has 1 N–H and O–H groups in total. The molecule has 1 fully saturated rings. The highest BCUT2D eigenvalue weighted by Gasteiger charge is 2.35. The molecule has 1 aromatic carbocycles. The Hall–Kier alpha value is -0.980. The maximum Gasteiger partial charge on any atom is 0.243 e. The molecular weight excluding hydrogens is 257 g/mol. The van der Waals surface area contributed by atoms with Crippen LogP contribution in [0.4, 0.5) is 4.39 Å². The van der Waals surface area contributed by atoms with Crippen LogP contribution in [-0.2, 0) is 10.0 Å². The Morgan fingerprint density at radius 1 is 1.50 bits per heavy atom. The van der Waals surface area contributed by atoms with Gasteiger partial charge in [0.25, 0.3) is 0 Å². The van der Waals surface area contributed by atoms with Crippen molar-refractivity contribution in [1.29, 1.82) is 0 Å². The minimum atomic E-state index is -3.72. The normalized spacial score (nSPS) is 21.4. The van der Waals surface area contributed by atoms with E-state index in [1.54, 1.807) is 6.92 Å². The molecule has 4 nitrogen and oxygen atoms in total. The summed E-state index contributed by atoms with van der Waals surface area (Å²) in [6, 6.07) is 3.34. The minimum absolute atomic E-state index is 0.0112. The van der Waals surface area contributed by atoms with Gasteiger partial charge in [-0.05, 0) is 37.5 Å². The maximum absolute atomic E-state index is 13.2. The van der Waals surface area contributed by atoms with Gasteiger partial charge in [-0.25, -0.2) is 12.8 Å². The van der Waals surface area contributed by atoms with E-state index in [-0.39, 0.29) is 11.5 Å². The molecule has 18 heavy (non-hydrogen) atoms. The zero-order valence-electron chi connectivity index (χ0n) is 10.1. The van der Waals surface area contributed by atoms with Crippen molar-refractivity contribution in [3.05, 3.63) is 29.6 Å². The summed E-state index contributed by atoms with van der Waals surface area (Å²) >= 11 is 0. The Morgan fingerprint density at radius 2 is 2.22 bits per heavy atom. The van der Waals surface area contributed by atoms with Crippen molar-refractivity contribution in [2.45, 2.75) is 30.7 Å². The molecule has 1 atom stereocenters. The smallest absolute Gasteiger partial charge is 0.243 e. The molecule has 0 spiro atoms. The molecule has 100 valence electrons. The monoisotopic (exact) mass is 273 g/mol. The predicted octanol–water partition coefficient (Wildman–Crippen LogP) is 1.28. The lowest BCUT2D eigenvalue weighted by Crippen LogP contribution is -2.37. The SMILES string of the molecule is Cc1ccc(F)cc1S(=O)(=O)N1CCCC1CO. The number of benzene rings is 1. The maximum atomic E-state index is 13.2. The molecule has 1 saturated heterocycles. The minimum Gasteiger partial charge on any atom is -0.395 e. The second kappa shape index (κ2) is 4.95. The summed E-state index contributed by atoms with van der Waals surface area (Å²) in [4.78, 5) is -0.0112. The van der Waals surface area contributed by atoms with Crippen molar-refractivity contribution < 1.29 is 17.9 Å². The average molecular weight is 273 g/mol. The Labute approximate surface area is 106 Å². The van der Waals surface area contributed by atoms with E-state index in [1.165, 1.54) is 16.4 Å². The summed E-state index contributed by atoms with van der Waals surface area (Å²) in [7, 11) is -3.72. The van der Waals surface area contributed by atoms with E-state index in [4.69, 9.17) is 0 Å². The van der Waals surface area contributed by atoms with Gasteiger partial charge in [0.15, 0.2) is 0 Å². The first kappa shape index (κ1) is 13.5. The van der Waals surface area contributed by atoms with E-state index in [2.05, 4.69) is 0 Å². The van der Waals surface area contributed by atoms with Crippen molar-refractivity contribution >= 4 is 10.0 Å². The van der Waals surface area contributed by atoms with Gasteiger partial charge in [0.05, 0.1) is 11.5 Å². The van der Waals surface area contributed by atoms with Crippen LogP contribution >= 0.6 is 0 Å². The summed E-state index contributed by atoms with van der Waals surface area (Å²) in [6.07, 6.45) is 1.36. The van der Waals surface area contributed by atoms with Crippen molar-refractivity contribution in [1.82, 2.24) is 4.31 Å². The second-order valence-corrected chi connectivity index (χ2v) is 6.36. The van der Waals surface area contributed by atoms with E-state index in [1.807, 2.05) is 0 Å². The number of sulfonamides is 1. The predicted molar refractivity (Wildman–Crippen MR) is 65.1 cm³/mol. The quantitative estimate of drug-likeness (QED) is 0.902. The van der Waals surface area contributed by atoms with Crippen LogP contribution in [0.3, 0.4) is 0 Å². The van der Waals surface area contributed by atoms with E-state index >= 15 is 0 Å². The first-order valence-electron chi connectivity index (χ1n) is 5.85. The van der Waals surface area contributed by atoms with Gasteiger partial charge in [-0.3, -0.25) is 0 Å². The number of aliphatic hydroxyl groups excluding tert-OH is 1. The zero-order chi connectivity index (χ0) is 13.3. The van der Waals surface area contributed by atoms with E-state index < -0.39 is 21.9 Å². The van der Waals surface area contributed by atoms with E-state index in [0.29, 0.717) is 18.5 Å². The fourth-order valence-electron chi connectivity index (χ4n) is 2.29. The zero-order valence-corrected chi connectivity index (χ0v) is 11.0. The molecular formula is C12H16FNO3S. The third kappa shape index (κ3) is 2.28. The van der Waals surface area contributed by atoms with Gasteiger partial charge >= 0.3 is 0 Å². The Kier molecular flexibility index (Phi) is 3.70. The molecule has 0 radical (unpaired) electrons. The molecule has 6 heteroatoms. The van der Waals surface area contributed by atoms with Crippen LogP contribution in [0.2, 0.25) is 0 Å². The van der Waals surface area contributed by atoms with Crippen LogP contribution in [0, 0.1) is 12.7 Å². The molecule has 1 aromatic rings. The average Bonchev–Trinajstić information content (AvgIpc) is 2.81. The lowest BCUT2D eigenvalue weighted by atomic mass is 10.2. The number of hydrogen-bond donors (Lipinski definition) is 1. The van der Waals surface area contributed by atoms with Gasteiger partial charge in [-0.1, -0.05) is 6.07 Å². The van der Waals surface area contributed by atoms with Crippen LogP contribution in [0.1, 0.15) is 18.4 Å². The number of hydrogen-bond acceptors (Lipinski definition) is 3. The van der Waals surface area contributed by atoms with Crippen molar-refractivity contribution in [3.63, 3.8) is 0 Å². The van der Waals surface area contributed by atoms with Gasteiger partial charge in [-0.15, -0.1) is 0 Å². The second-order valence-electron chi connectivity index (χ2n) is 4.50. The highest BCUT2D eigenvalue weighted by atomic mass is 32.2. The fraction of sp³-hybridized carbons (Fsp3) is 0.500. The molecule has 0 aliphatic carbocycles. The standard InChI is InChI=1S/C12H16FNO3S/c1-9-4-5-10(13)7-12(9)18(16,17)14-6-2-3-11(14)8-15/h4-5,7,11,15H,2-3,6,8H2,1H3. The topological polar surface area (TPSA) is 57.6 Å². The van der Waals surface area contributed by atoms with Crippen LogP contribution in [0.25, 0.3) is 0 Å². The molecule has 0 aromatic heterocycles. The number of halogens is 1. The molecule has 0 bridgehead atoms. The largest absolute Gasteiger partial charge is 0.395 e. The first-order valence-corrected chi connectivity index (χ1v) is 7.29. The number of nitrogens with zero attached hydrogens (tertiary/aromatic N) is 1. The number of rotatable bonds is 3. The van der Waals surface area contributed by atoms with E-state index in [0.717, 1.165) is 12.5 Å². The Balaban J connectivity index is 2.45. The van der Waals surface area contributed by atoms with Crippen LogP contribution in [0.5, 0.6) is 0 Å². The highest BCUT2D eigenvalue weighted by Crippen LogP contribution is 2.27. The first-order chi connectivity index (χ1) is 8.46. The van der Waals surface area contributed by atoms with Crippen molar-refractivity contribution in [3.8, 4) is 0 Å². The summed E-state index contributed by atoms with van der Waals surface area (Å²) in [5.41, 5.74) is 0.514. The van der Waals surface area contributed by atoms with Crippen molar-refractivity contribution in [2.24, 2.45) is 0 Å². The molecule has 1 heterocycles.